The van der Waals surface area contributed by atoms with Crippen LogP contribution in [0.1, 0.15) is 65.7 Å². The van der Waals surface area contributed by atoms with Crippen LogP contribution in [-0.4, -0.2) is 30.5 Å². The molecular formula is C15H33NO2. The van der Waals surface area contributed by atoms with Gasteiger partial charge >= 0.3 is 0 Å². The second kappa shape index (κ2) is 10.8. The third-order valence-electron chi connectivity index (χ3n) is 3.59. The Morgan fingerprint density at radius 3 is 2.50 bits per heavy atom. The molecule has 0 aromatic rings. The highest BCUT2D eigenvalue weighted by atomic mass is 16.5. The van der Waals surface area contributed by atoms with Crippen molar-refractivity contribution in [3.63, 3.8) is 0 Å². The van der Waals surface area contributed by atoms with Crippen LogP contribution < -0.4 is 5.73 Å². The van der Waals surface area contributed by atoms with Gasteiger partial charge in [-0.1, -0.05) is 33.1 Å². The highest BCUT2D eigenvalue weighted by molar-refractivity contribution is 4.72. The lowest BCUT2D eigenvalue weighted by Crippen LogP contribution is -2.33. The van der Waals surface area contributed by atoms with Gasteiger partial charge < -0.3 is 15.6 Å². The molecule has 2 unspecified atom stereocenters. The molecular weight excluding hydrogens is 226 g/mol. The van der Waals surface area contributed by atoms with Crippen LogP contribution in [0.3, 0.4) is 0 Å². The van der Waals surface area contributed by atoms with Gasteiger partial charge in [0.2, 0.25) is 0 Å². The average Bonchev–Trinajstić information content (AvgIpc) is 2.37. The topological polar surface area (TPSA) is 55.5 Å². The number of nitrogens with two attached hydrogens (primary N) is 1. The monoisotopic (exact) mass is 259 g/mol. The van der Waals surface area contributed by atoms with E-state index in [1.54, 1.807) is 6.92 Å². The molecule has 2 atom stereocenters. The molecule has 0 rings (SSSR count). The van der Waals surface area contributed by atoms with Crippen molar-refractivity contribution in [1.29, 1.82) is 0 Å². The van der Waals surface area contributed by atoms with Crippen LogP contribution in [0.5, 0.6) is 0 Å². The molecule has 3 nitrogen and oxygen atoms in total. The van der Waals surface area contributed by atoms with Gasteiger partial charge in [-0.05, 0) is 38.5 Å². The number of aliphatic hydroxyl groups is 1. The predicted octanol–water partition coefficient (Wildman–Crippen LogP) is 3.10. The predicted molar refractivity (Wildman–Crippen MR) is 77.7 cm³/mol. The molecule has 0 spiro atoms. The molecule has 0 amide bonds. The van der Waals surface area contributed by atoms with Crippen LogP contribution in [0.4, 0.5) is 0 Å². The first kappa shape index (κ1) is 17.9. The van der Waals surface area contributed by atoms with E-state index in [-0.39, 0.29) is 0 Å². The van der Waals surface area contributed by atoms with E-state index in [0.29, 0.717) is 6.54 Å². The Kier molecular flexibility index (Phi) is 10.7. The van der Waals surface area contributed by atoms with E-state index < -0.39 is 5.60 Å². The molecule has 0 saturated heterocycles. The maximum atomic E-state index is 9.74. The van der Waals surface area contributed by atoms with Crippen molar-refractivity contribution in [3.8, 4) is 0 Å². The summed E-state index contributed by atoms with van der Waals surface area (Å²) in [6, 6.07) is 0. The molecule has 0 aliphatic rings. The summed E-state index contributed by atoms with van der Waals surface area (Å²) >= 11 is 0. The van der Waals surface area contributed by atoms with E-state index in [1.807, 2.05) is 0 Å². The van der Waals surface area contributed by atoms with Crippen LogP contribution in [0.15, 0.2) is 0 Å². The zero-order valence-corrected chi connectivity index (χ0v) is 12.6. The maximum Gasteiger partial charge on any atom is 0.0741 e. The molecule has 0 bridgehead atoms. The number of hydrogen-bond acceptors (Lipinski definition) is 3. The molecule has 0 aromatic heterocycles. The summed E-state index contributed by atoms with van der Waals surface area (Å²) in [7, 11) is 0. The minimum Gasteiger partial charge on any atom is -0.389 e. The standard InChI is InChI=1S/C15H33NO2/c1-4-6-9-14(5-2)12-18-11-8-7-10-15(3,17)13-16/h14,17H,4-13,16H2,1-3H3. The largest absolute Gasteiger partial charge is 0.389 e. The van der Waals surface area contributed by atoms with Crippen LogP contribution in [0, 0.1) is 5.92 Å². The Labute approximate surface area is 113 Å². The fourth-order valence-electron chi connectivity index (χ4n) is 1.96. The smallest absolute Gasteiger partial charge is 0.0741 e. The summed E-state index contributed by atoms with van der Waals surface area (Å²) in [4.78, 5) is 0. The van der Waals surface area contributed by atoms with Crippen molar-refractivity contribution in [1.82, 2.24) is 0 Å². The average molecular weight is 259 g/mol. The summed E-state index contributed by atoms with van der Waals surface area (Å²) in [6.45, 7) is 8.31. The van der Waals surface area contributed by atoms with Crippen LogP contribution in [0.2, 0.25) is 0 Å². The lowest BCUT2D eigenvalue weighted by Gasteiger charge is -2.20. The Bertz CT molecular complexity index is 183. The fourth-order valence-corrected chi connectivity index (χ4v) is 1.96. The van der Waals surface area contributed by atoms with Crippen molar-refractivity contribution in [2.75, 3.05) is 19.8 Å². The van der Waals surface area contributed by atoms with E-state index in [2.05, 4.69) is 13.8 Å². The van der Waals surface area contributed by atoms with Crippen molar-refractivity contribution in [2.45, 2.75) is 71.3 Å². The maximum absolute atomic E-state index is 9.74. The summed E-state index contributed by atoms with van der Waals surface area (Å²) < 4.78 is 5.72. The van der Waals surface area contributed by atoms with Gasteiger partial charge in [-0.3, -0.25) is 0 Å². The number of hydrogen-bond donors (Lipinski definition) is 2. The fraction of sp³-hybridized carbons (Fsp3) is 1.00. The van der Waals surface area contributed by atoms with Crippen molar-refractivity contribution >= 4 is 0 Å². The van der Waals surface area contributed by atoms with Crippen molar-refractivity contribution in [3.05, 3.63) is 0 Å². The Morgan fingerprint density at radius 1 is 1.22 bits per heavy atom. The van der Waals surface area contributed by atoms with Gasteiger partial charge in [-0.2, -0.15) is 0 Å². The lowest BCUT2D eigenvalue weighted by atomic mass is 9.99. The number of rotatable bonds is 12. The van der Waals surface area contributed by atoms with Gasteiger partial charge in [-0.15, -0.1) is 0 Å². The second-order valence-electron chi connectivity index (χ2n) is 5.65. The molecule has 0 aliphatic carbocycles. The molecule has 0 heterocycles. The van der Waals surface area contributed by atoms with Crippen LogP contribution >= 0.6 is 0 Å². The molecule has 18 heavy (non-hydrogen) atoms. The zero-order chi connectivity index (χ0) is 13.9. The van der Waals surface area contributed by atoms with E-state index in [4.69, 9.17) is 10.5 Å². The Morgan fingerprint density at radius 2 is 1.94 bits per heavy atom. The molecule has 3 N–H and O–H groups in total. The zero-order valence-electron chi connectivity index (χ0n) is 12.6. The van der Waals surface area contributed by atoms with E-state index in [1.165, 1.54) is 25.7 Å². The highest BCUT2D eigenvalue weighted by Crippen LogP contribution is 2.14. The first-order valence-electron chi connectivity index (χ1n) is 7.56. The molecule has 0 fully saturated rings. The van der Waals surface area contributed by atoms with Crippen LogP contribution in [0.25, 0.3) is 0 Å². The Balaban J connectivity index is 3.43. The lowest BCUT2D eigenvalue weighted by molar-refractivity contribution is 0.0498. The number of unbranched alkanes of at least 4 members (excludes halogenated alkanes) is 2. The van der Waals surface area contributed by atoms with Crippen molar-refractivity contribution in [2.24, 2.45) is 11.7 Å². The van der Waals surface area contributed by atoms with E-state index in [9.17, 15) is 5.11 Å². The minimum absolute atomic E-state index is 0.336. The molecule has 0 saturated carbocycles. The van der Waals surface area contributed by atoms with Crippen LogP contribution in [-0.2, 0) is 4.74 Å². The molecule has 0 aromatic carbocycles. The molecule has 0 radical (unpaired) electrons. The van der Waals surface area contributed by atoms with Gasteiger partial charge in [-0.25, -0.2) is 0 Å². The first-order chi connectivity index (χ1) is 8.55. The molecule has 0 aliphatic heterocycles. The second-order valence-corrected chi connectivity index (χ2v) is 5.65. The highest BCUT2D eigenvalue weighted by Gasteiger charge is 2.16. The Hall–Kier alpha value is -0.120. The van der Waals surface area contributed by atoms with Gasteiger partial charge in [0, 0.05) is 19.8 Å². The summed E-state index contributed by atoms with van der Waals surface area (Å²) in [5.74, 6) is 0.720. The summed E-state index contributed by atoms with van der Waals surface area (Å²) in [5, 5.41) is 9.74. The van der Waals surface area contributed by atoms with E-state index in [0.717, 1.165) is 38.4 Å². The summed E-state index contributed by atoms with van der Waals surface area (Å²) in [5.41, 5.74) is 4.77. The van der Waals surface area contributed by atoms with Gasteiger partial charge in [0.25, 0.3) is 0 Å². The normalized spacial score (nSPS) is 16.5. The van der Waals surface area contributed by atoms with Gasteiger partial charge in [0.05, 0.1) is 5.60 Å². The summed E-state index contributed by atoms with van der Waals surface area (Å²) in [6.07, 6.45) is 7.83. The molecule has 110 valence electrons. The minimum atomic E-state index is -0.701. The van der Waals surface area contributed by atoms with Crippen molar-refractivity contribution < 1.29 is 9.84 Å². The van der Waals surface area contributed by atoms with E-state index >= 15 is 0 Å². The number of ether oxygens (including phenoxy) is 1. The quantitative estimate of drug-likeness (QED) is 0.530. The first-order valence-corrected chi connectivity index (χ1v) is 7.56. The van der Waals surface area contributed by atoms with Gasteiger partial charge in [0.15, 0.2) is 0 Å². The van der Waals surface area contributed by atoms with Gasteiger partial charge in [0.1, 0.15) is 0 Å². The SMILES string of the molecule is CCCCC(CC)COCCCCC(C)(O)CN. The third-order valence-corrected chi connectivity index (χ3v) is 3.59. The molecule has 3 heteroatoms. The third kappa shape index (κ3) is 9.86.